The van der Waals surface area contributed by atoms with Crippen molar-refractivity contribution in [2.75, 3.05) is 12.4 Å². The number of hydrogen-bond acceptors (Lipinski definition) is 3. The predicted molar refractivity (Wildman–Crippen MR) is 56.3 cm³/mol. The van der Waals surface area contributed by atoms with E-state index < -0.39 is 0 Å². The van der Waals surface area contributed by atoms with Crippen molar-refractivity contribution in [3.63, 3.8) is 0 Å². The molecule has 0 radical (unpaired) electrons. The Morgan fingerprint density at radius 3 is 3.07 bits per heavy atom. The zero-order valence-electron chi connectivity index (χ0n) is 7.87. The van der Waals surface area contributed by atoms with Crippen LogP contribution in [0.3, 0.4) is 0 Å². The van der Waals surface area contributed by atoms with Crippen LogP contribution < -0.4 is 5.32 Å². The Bertz CT molecular complexity index is 365. The van der Waals surface area contributed by atoms with Gasteiger partial charge in [0.05, 0.1) is 7.11 Å². The topological polar surface area (TPSA) is 38.3 Å². The number of carbonyl (C=O) groups is 1. The number of nitrogens with one attached hydrogen (secondary N) is 1. The SMILES string of the molecule is COSc1ccc2c(c1)CCC(=O)N2. The lowest BCUT2D eigenvalue weighted by Gasteiger charge is -2.16. The van der Waals surface area contributed by atoms with Crippen molar-refractivity contribution in [3.8, 4) is 0 Å². The van der Waals surface area contributed by atoms with Gasteiger partial charge in [0.2, 0.25) is 5.91 Å². The van der Waals surface area contributed by atoms with Gasteiger partial charge in [-0.1, -0.05) is 0 Å². The monoisotopic (exact) mass is 209 g/mol. The highest BCUT2D eigenvalue weighted by atomic mass is 32.2. The van der Waals surface area contributed by atoms with E-state index in [0.717, 1.165) is 17.0 Å². The summed E-state index contributed by atoms with van der Waals surface area (Å²) in [6.07, 6.45) is 1.40. The number of fused-ring (bicyclic) bond motifs is 1. The zero-order valence-corrected chi connectivity index (χ0v) is 8.69. The Morgan fingerprint density at radius 1 is 1.43 bits per heavy atom. The van der Waals surface area contributed by atoms with Crippen molar-refractivity contribution < 1.29 is 8.98 Å². The van der Waals surface area contributed by atoms with Crippen LogP contribution in [-0.2, 0) is 15.4 Å². The molecule has 0 unspecified atom stereocenters. The van der Waals surface area contributed by atoms with Crippen molar-refractivity contribution in [1.82, 2.24) is 0 Å². The third-order valence-corrected chi connectivity index (χ3v) is 2.76. The molecule has 0 saturated heterocycles. The first-order valence-electron chi connectivity index (χ1n) is 4.43. The molecule has 3 nitrogen and oxygen atoms in total. The number of anilines is 1. The Kier molecular flexibility index (Phi) is 2.74. The molecule has 1 aromatic rings. The maximum absolute atomic E-state index is 11.1. The Morgan fingerprint density at radius 2 is 2.29 bits per heavy atom. The molecule has 0 saturated carbocycles. The minimum atomic E-state index is 0.102. The summed E-state index contributed by atoms with van der Waals surface area (Å²) in [6.45, 7) is 0. The number of aryl methyl sites for hydroxylation is 1. The van der Waals surface area contributed by atoms with E-state index in [1.54, 1.807) is 7.11 Å². The molecule has 0 fully saturated rings. The van der Waals surface area contributed by atoms with Crippen LogP contribution in [0.4, 0.5) is 5.69 Å². The van der Waals surface area contributed by atoms with Gasteiger partial charge in [-0.05, 0) is 30.2 Å². The molecular formula is C10H11NO2S. The van der Waals surface area contributed by atoms with Gasteiger partial charge in [-0.25, -0.2) is 0 Å². The van der Waals surface area contributed by atoms with E-state index in [1.165, 1.54) is 17.6 Å². The molecule has 14 heavy (non-hydrogen) atoms. The molecule has 0 aliphatic carbocycles. The zero-order chi connectivity index (χ0) is 9.97. The van der Waals surface area contributed by atoms with E-state index in [1.807, 2.05) is 12.1 Å². The number of benzene rings is 1. The summed E-state index contributed by atoms with van der Waals surface area (Å²) in [5.74, 6) is 0.102. The normalized spacial score (nSPS) is 14.8. The van der Waals surface area contributed by atoms with E-state index in [0.29, 0.717) is 6.42 Å². The van der Waals surface area contributed by atoms with Gasteiger partial charge in [0.1, 0.15) is 0 Å². The van der Waals surface area contributed by atoms with Crippen LogP contribution in [0, 0.1) is 0 Å². The molecule has 1 aliphatic rings. The van der Waals surface area contributed by atoms with Crippen molar-refractivity contribution in [2.24, 2.45) is 0 Å². The second-order valence-electron chi connectivity index (χ2n) is 3.12. The molecule has 0 spiro atoms. The van der Waals surface area contributed by atoms with Gasteiger partial charge in [-0.2, -0.15) is 0 Å². The molecular weight excluding hydrogens is 198 g/mol. The number of rotatable bonds is 2. The highest BCUT2D eigenvalue weighted by Gasteiger charge is 2.14. The summed E-state index contributed by atoms with van der Waals surface area (Å²) in [6, 6.07) is 5.93. The molecule has 1 heterocycles. The Hall–Kier alpha value is -1.00. The molecule has 1 aromatic carbocycles. The van der Waals surface area contributed by atoms with E-state index in [-0.39, 0.29) is 5.91 Å². The Balaban J connectivity index is 2.26. The summed E-state index contributed by atoms with van der Waals surface area (Å²) in [5.41, 5.74) is 2.12. The molecule has 4 heteroatoms. The number of hydrogen-bond donors (Lipinski definition) is 1. The van der Waals surface area contributed by atoms with Gasteiger partial charge in [-0.3, -0.25) is 4.79 Å². The fourth-order valence-electron chi connectivity index (χ4n) is 1.51. The van der Waals surface area contributed by atoms with Crippen molar-refractivity contribution in [1.29, 1.82) is 0 Å². The van der Waals surface area contributed by atoms with Crippen LogP contribution in [0.5, 0.6) is 0 Å². The lowest BCUT2D eigenvalue weighted by molar-refractivity contribution is -0.116. The highest BCUT2D eigenvalue weighted by Crippen LogP contribution is 2.28. The summed E-state index contributed by atoms with van der Waals surface area (Å²) >= 11 is 1.34. The average Bonchev–Trinajstić information content (AvgIpc) is 2.19. The van der Waals surface area contributed by atoms with Crippen LogP contribution in [0.1, 0.15) is 12.0 Å². The first kappa shape index (κ1) is 9.55. The Labute approximate surface area is 87.0 Å². The third kappa shape index (κ3) is 1.91. The van der Waals surface area contributed by atoms with Crippen molar-refractivity contribution in [2.45, 2.75) is 17.7 Å². The maximum atomic E-state index is 11.1. The van der Waals surface area contributed by atoms with E-state index in [4.69, 9.17) is 4.18 Å². The molecule has 0 aromatic heterocycles. The van der Waals surface area contributed by atoms with Gasteiger partial charge < -0.3 is 9.50 Å². The first-order valence-corrected chi connectivity index (χ1v) is 5.17. The van der Waals surface area contributed by atoms with Crippen molar-refractivity contribution >= 4 is 23.6 Å². The summed E-state index contributed by atoms with van der Waals surface area (Å²) in [4.78, 5) is 12.2. The second kappa shape index (κ2) is 4.02. The minimum Gasteiger partial charge on any atom is -0.326 e. The smallest absolute Gasteiger partial charge is 0.224 e. The quantitative estimate of drug-likeness (QED) is 0.759. The fourth-order valence-corrected chi connectivity index (χ4v) is 2.01. The van der Waals surface area contributed by atoms with E-state index in [2.05, 4.69) is 11.4 Å². The first-order chi connectivity index (χ1) is 6.79. The molecule has 0 atom stereocenters. The molecule has 74 valence electrons. The lowest BCUT2D eigenvalue weighted by Crippen LogP contribution is -2.18. The summed E-state index contributed by atoms with van der Waals surface area (Å²) < 4.78 is 4.97. The summed E-state index contributed by atoms with van der Waals surface area (Å²) in [7, 11) is 1.64. The maximum Gasteiger partial charge on any atom is 0.224 e. The van der Waals surface area contributed by atoms with Gasteiger partial charge in [0, 0.05) is 29.0 Å². The number of carbonyl (C=O) groups excluding carboxylic acids is 1. The lowest BCUT2D eigenvalue weighted by atomic mass is 10.0. The molecule has 1 amide bonds. The van der Waals surface area contributed by atoms with Crippen LogP contribution in [-0.4, -0.2) is 13.0 Å². The van der Waals surface area contributed by atoms with Gasteiger partial charge >= 0.3 is 0 Å². The molecule has 1 N–H and O–H groups in total. The van der Waals surface area contributed by atoms with Crippen molar-refractivity contribution in [3.05, 3.63) is 23.8 Å². The van der Waals surface area contributed by atoms with E-state index in [9.17, 15) is 4.79 Å². The van der Waals surface area contributed by atoms with Gasteiger partial charge in [0.15, 0.2) is 0 Å². The molecule has 0 bridgehead atoms. The van der Waals surface area contributed by atoms with Gasteiger partial charge in [0.25, 0.3) is 0 Å². The third-order valence-electron chi connectivity index (χ3n) is 2.15. The molecule has 2 rings (SSSR count). The molecule has 1 aliphatic heterocycles. The van der Waals surface area contributed by atoms with E-state index >= 15 is 0 Å². The van der Waals surface area contributed by atoms with Crippen LogP contribution >= 0.6 is 12.0 Å². The minimum absolute atomic E-state index is 0.102. The summed E-state index contributed by atoms with van der Waals surface area (Å²) in [5, 5.41) is 2.84. The predicted octanol–water partition coefficient (Wildman–Crippen LogP) is 2.22. The van der Waals surface area contributed by atoms with Crippen LogP contribution in [0.25, 0.3) is 0 Å². The highest BCUT2D eigenvalue weighted by molar-refractivity contribution is 7.94. The van der Waals surface area contributed by atoms with Gasteiger partial charge in [-0.15, -0.1) is 0 Å². The largest absolute Gasteiger partial charge is 0.326 e. The standard InChI is InChI=1S/C10H11NO2S/c1-13-14-8-3-4-9-7(6-8)2-5-10(12)11-9/h3-4,6H,2,5H2,1H3,(H,11,12). The average molecular weight is 209 g/mol. The number of amides is 1. The second-order valence-corrected chi connectivity index (χ2v) is 4.09. The van der Waals surface area contributed by atoms with Crippen LogP contribution in [0.15, 0.2) is 23.1 Å². The fraction of sp³-hybridized carbons (Fsp3) is 0.300. The van der Waals surface area contributed by atoms with Crippen LogP contribution in [0.2, 0.25) is 0 Å².